The molecule has 1 heterocycles. The molecule has 3 aliphatic rings. The van der Waals surface area contributed by atoms with Crippen molar-refractivity contribution in [1.82, 2.24) is 4.90 Å². The van der Waals surface area contributed by atoms with Crippen LogP contribution in [0.4, 0.5) is 0 Å². The molecule has 1 N–H and O–H groups in total. The minimum Gasteiger partial charge on any atom is -0.481 e. The predicted molar refractivity (Wildman–Crippen MR) is 91.5 cm³/mol. The lowest BCUT2D eigenvalue weighted by molar-refractivity contribution is -0.149. The smallest absolute Gasteiger partial charge is 0.307 e. The standard InChI is InChI=1S/C18H31NO2.ClH/c20-18(21)17(14-8-2-1-3-9-14)15-10-4-5-11-16(15)19-12-6-7-13-19;/h14-17H,1-13H2,(H,20,21);1H/t15-,16-,17?;/m1./s1. The highest BCUT2D eigenvalue weighted by Crippen LogP contribution is 2.42. The van der Waals surface area contributed by atoms with E-state index in [2.05, 4.69) is 4.90 Å². The number of rotatable bonds is 4. The topological polar surface area (TPSA) is 40.5 Å². The zero-order valence-corrected chi connectivity index (χ0v) is 14.5. The minimum atomic E-state index is -0.502. The zero-order chi connectivity index (χ0) is 14.7. The summed E-state index contributed by atoms with van der Waals surface area (Å²) in [7, 11) is 0. The van der Waals surface area contributed by atoms with E-state index in [4.69, 9.17) is 0 Å². The zero-order valence-electron chi connectivity index (χ0n) is 13.7. The van der Waals surface area contributed by atoms with Crippen LogP contribution in [0.5, 0.6) is 0 Å². The minimum absolute atomic E-state index is 0. The molecule has 3 fully saturated rings. The molecule has 4 heteroatoms. The van der Waals surface area contributed by atoms with Gasteiger partial charge in [0.15, 0.2) is 0 Å². The molecule has 0 radical (unpaired) electrons. The third-order valence-electron chi connectivity index (χ3n) is 6.30. The maximum atomic E-state index is 12.0. The van der Waals surface area contributed by atoms with Gasteiger partial charge in [0, 0.05) is 6.04 Å². The lowest BCUT2D eigenvalue weighted by Crippen LogP contribution is -2.47. The summed E-state index contributed by atoms with van der Waals surface area (Å²) in [5.74, 6) is 0.288. The van der Waals surface area contributed by atoms with Gasteiger partial charge in [0.1, 0.15) is 0 Å². The first-order chi connectivity index (χ1) is 10.3. The quantitative estimate of drug-likeness (QED) is 0.833. The summed E-state index contributed by atoms with van der Waals surface area (Å²) < 4.78 is 0. The predicted octanol–water partition coefficient (Wildman–Crippen LogP) is 4.34. The van der Waals surface area contributed by atoms with Gasteiger partial charge < -0.3 is 10.0 Å². The highest BCUT2D eigenvalue weighted by atomic mass is 35.5. The summed E-state index contributed by atoms with van der Waals surface area (Å²) in [5, 5.41) is 9.92. The fraction of sp³-hybridized carbons (Fsp3) is 0.944. The van der Waals surface area contributed by atoms with E-state index in [-0.39, 0.29) is 18.3 Å². The SMILES string of the molecule is Cl.O=C(O)C(C1CCCCC1)[C@@H]1CCCC[C@H]1N1CCCC1. The lowest BCUT2D eigenvalue weighted by Gasteiger charge is -2.43. The number of carbonyl (C=O) groups is 1. The fourth-order valence-electron chi connectivity index (χ4n) is 5.31. The Kier molecular flexibility index (Phi) is 7.01. The molecule has 0 aromatic heterocycles. The van der Waals surface area contributed by atoms with Crippen LogP contribution >= 0.6 is 12.4 Å². The van der Waals surface area contributed by atoms with E-state index in [0.29, 0.717) is 17.9 Å². The summed E-state index contributed by atoms with van der Waals surface area (Å²) in [6.07, 6.45) is 13.7. The van der Waals surface area contributed by atoms with Crippen molar-refractivity contribution in [2.75, 3.05) is 13.1 Å². The van der Waals surface area contributed by atoms with Gasteiger partial charge in [-0.3, -0.25) is 4.79 Å². The Bertz CT molecular complexity index is 351. The maximum absolute atomic E-state index is 12.0. The van der Waals surface area contributed by atoms with Gasteiger partial charge in [0.05, 0.1) is 5.92 Å². The highest BCUT2D eigenvalue weighted by molar-refractivity contribution is 5.85. The summed E-state index contributed by atoms with van der Waals surface area (Å²) >= 11 is 0. The van der Waals surface area contributed by atoms with Crippen LogP contribution in [-0.2, 0) is 4.79 Å². The molecular weight excluding hydrogens is 298 g/mol. The van der Waals surface area contributed by atoms with Crippen LogP contribution in [-0.4, -0.2) is 35.1 Å². The first-order valence-electron chi connectivity index (χ1n) is 9.24. The van der Waals surface area contributed by atoms with Gasteiger partial charge in [-0.2, -0.15) is 0 Å². The summed E-state index contributed by atoms with van der Waals surface area (Å²) in [5.41, 5.74) is 0. The molecule has 1 aliphatic heterocycles. The summed E-state index contributed by atoms with van der Waals surface area (Å²) in [6, 6.07) is 0.560. The monoisotopic (exact) mass is 329 g/mol. The van der Waals surface area contributed by atoms with E-state index in [1.165, 1.54) is 64.5 Å². The second-order valence-electron chi connectivity index (χ2n) is 7.52. The maximum Gasteiger partial charge on any atom is 0.307 e. The second-order valence-corrected chi connectivity index (χ2v) is 7.52. The number of hydrogen-bond acceptors (Lipinski definition) is 2. The van der Waals surface area contributed by atoms with Gasteiger partial charge in [0.25, 0.3) is 0 Å². The number of likely N-dealkylation sites (tertiary alicyclic amines) is 1. The van der Waals surface area contributed by atoms with E-state index in [1.807, 2.05) is 0 Å². The van der Waals surface area contributed by atoms with Crippen molar-refractivity contribution in [2.24, 2.45) is 17.8 Å². The van der Waals surface area contributed by atoms with Crippen LogP contribution in [0.1, 0.15) is 70.6 Å². The normalized spacial score (nSPS) is 32.4. The van der Waals surface area contributed by atoms with Crippen molar-refractivity contribution in [1.29, 1.82) is 0 Å². The number of nitrogens with zero attached hydrogens (tertiary/aromatic N) is 1. The van der Waals surface area contributed by atoms with Crippen molar-refractivity contribution in [3.63, 3.8) is 0 Å². The number of halogens is 1. The average molecular weight is 330 g/mol. The van der Waals surface area contributed by atoms with Crippen molar-refractivity contribution in [2.45, 2.75) is 76.7 Å². The van der Waals surface area contributed by atoms with Gasteiger partial charge in [0.2, 0.25) is 0 Å². The molecule has 0 bridgehead atoms. The summed E-state index contributed by atoms with van der Waals surface area (Å²) in [4.78, 5) is 14.7. The Morgan fingerprint density at radius 1 is 0.864 bits per heavy atom. The average Bonchev–Trinajstić information content (AvgIpc) is 3.03. The van der Waals surface area contributed by atoms with Crippen molar-refractivity contribution in [3.05, 3.63) is 0 Å². The van der Waals surface area contributed by atoms with Crippen LogP contribution < -0.4 is 0 Å². The number of hydrogen-bond donors (Lipinski definition) is 1. The largest absolute Gasteiger partial charge is 0.481 e. The van der Waals surface area contributed by atoms with Crippen LogP contribution in [0.25, 0.3) is 0 Å². The Morgan fingerprint density at radius 3 is 2.09 bits per heavy atom. The van der Waals surface area contributed by atoms with E-state index in [0.717, 1.165) is 19.3 Å². The van der Waals surface area contributed by atoms with Crippen molar-refractivity contribution in [3.8, 4) is 0 Å². The van der Waals surface area contributed by atoms with E-state index < -0.39 is 5.97 Å². The van der Waals surface area contributed by atoms with Crippen molar-refractivity contribution >= 4 is 18.4 Å². The first kappa shape index (κ1) is 18.1. The van der Waals surface area contributed by atoms with E-state index >= 15 is 0 Å². The van der Waals surface area contributed by atoms with Gasteiger partial charge in [-0.25, -0.2) is 0 Å². The molecule has 3 atom stereocenters. The third-order valence-corrected chi connectivity index (χ3v) is 6.30. The number of carboxylic acid groups (broad SMARTS) is 1. The first-order valence-corrected chi connectivity index (χ1v) is 9.24. The van der Waals surface area contributed by atoms with E-state index in [9.17, 15) is 9.90 Å². The molecular formula is C18H32ClNO2. The second kappa shape index (κ2) is 8.54. The molecule has 1 unspecified atom stereocenters. The van der Waals surface area contributed by atoms with E-state index in [1.54, 1.807) is 0 Å². The molecule has 3 rings (SSSR count). The van der Waals surface area contributed by atoms with Crippen LogP contribution in [0, 0.1) is 17.8 Å². The highest BCUT2D eigenvalue weighted by Gasteiger charge is 2.42. The molecule has 0 aromatic carbocycles. The Hall–Kier alpha value is -0.280. The lowest BCUT2D eigenvalue weighted by atomic mass is 9.67. The fourth-order valence-corrected chi connectivity index (χ4v) is 5.31. The van der Waals surface area contributed by atoms with Crippen LogP contribution in [0.2, 0.25) is 0 Å². The molecule has 22 heavy (non-hydrogen) atoms. The van der Waals surface area contributed by atoms with Crippen LogP contribution in [0.3, 0.4) is 0 Å². The van der Waals surface area contributed by atoms with Gasteiger partial charge in [-0.05, 0) is 63.5 Å². The molecule has 0 aromatic rings. The Morgan fingerprint density at radius 2 is 1.45 bits per heavy atom. The molecule has 2 aliphatic carbocycles. The van der Waals surface area contributed by atoms with Gasteiger partial charge in [-0.15, -0.1) is 12.4 Å². The molecule has 2 saturated carbocycles. The molecule has 0 spiro atoms. The van der Waals surface area contributed by atoms with Crippen molar-refractivity contribution < 1.29 is 9.90 Å². The van der Waals surface area contributed by atoms with Gasteiger partial charge >= 0.3 is 5.97 Å². The van der Waals surface area contributed by atoms with Crippen LogP contribution in [0.15, 0.2) is 0 Å². The Labute approximate surface area is 141 Å². The third kappa shape index (κ3) is 3.97. The summed E-state index contributed by atoms with van der Waals surface area (Å²) in [6.45, 7) is 2.41. The number of carboxylic acids is 1. The Balaban J connectivity index is 0.00000176. The molecule has 1 saturated heterocycles. The molecule has 0 amide bonds. The van der Waals surface area contributed by atoms with Gasteiger partial charge in [-0.1, -0.05) is 32.1 Å². The molecule has 128 valence electrons. The molecule has 3 nitrogen and oxygen atoms in total. The number of aliphatic carboxylic acids is 1.